The Morgan fingerprint density at radius 3 is 1.86 bits per heavy atom. The van der Waals surface area contributed by atoms with E-state index >= 15 is 0 Å². The van der Waals surface area contributed by atoms with Gasteiger partial charge in [-0.05, 0) is 41.8 Å². The summed E-state index contributed by atoms with van der Waals surface area (Å²) in [5.74, 6) is -0.980. The van der Waals surface area contributed by atoms with Crippen molar-refractivity contribution in [3.8, 4) is 11.1 Å². The summed E-state index contributed by atoms with van der Waals surface area (Å²) < 4.78 is 9.47. The molecular formula is C17H16O4. The molecule has 0 atom stereocenters. The highest BCUT2D eigenvalue weighted by Crippen LogP contribution is 2.26. The molecule has 2 rings (SSSR count). The van der Waals surface area contributed by atoms with Crippen molar-refractivity contribution in [3.05, 3.63) is 59.2 Å². The molecule has 0 bridgehead atoms. The molecule has 0 unspecified atom stereocenters. The van der Waals surface area contributed by atoms with Crippen molar-refractivity contribution in [3.63, 3.8) is 0 Å². The van der Waals surface area contributed by atoms with Crippen LogP contribution in [-0.2, 0) is 9.47 Å². The van der Waals surface area contributed by atoms with Crippen LogP contribution in [-0.4, -0.2) is 26.2 Å². The number of hydrogen-bond acceptors (Lipinski definition) is 4. The zero-order valence-electron chi connectivity index (χ0n) is 12.2. The first-order valence-corrected chi connectivity index (χ1v) is 6.44. The molecule has 0 N–H and O–H groups in total. The molecule has 0 aromatic heterocycles. The Morgan fingerprint density at radius 2 is 1.38 bits per heavy atom. The molecule has 0 aliphatic carbocycles. The molecule has 2 aromatic carbocycles. The van der Waals surface area contributed by atoms with E-state index in [9.17, 15) is 9.59 Å². The standard InChI is InChI=1S/C17H16O4/c1-11-6-4-5-7-15(11)12-8-13(16(18)20-2)10-14(9-12)17(19)21-3/h4-10H,1-3H3. The third-order valence-corrected chi connectivity index (χ3v) is 3.23. The molecule has 2 aromatic rings. The summed E-state index contributed by atoms with van der Waals surface area (Å²) in [6.45, 7) is 1.97. The van der Waals surface area contributed by atoms with Crippen molar-refractivity contribution < 1.29 is 19.1 Å². The third-order valence-electron chi connectivity index (χ3n) is 3.23. The minimum Gasteiger partial charge on any atom is -0.465 e. The predicted molar refractivity (Wildman–Crippen MR) is 79.3 cm³/mol. The Morgan fingerprint density at radius 1 is 0.857 bits per heavy atom. The number of esters is 2. The fourth-order valence-electron chi connectivity index (χ4n) is 2.15. The summed E-state index contributed by atoms with van der Waals surface area (Å²) in [6, 6.07) is 12.6. The smallest absolute Gasteiger partial charge is 0.337 e. The fraction of sp³-hybridized carbons (Fsp3) is 0.176. The maximum Gasteiger partial charge on any atom is 0.337 e. The lowest BCUT2D eigenvalue weighted by Gasteiger charge is -2.10. The molecule has 4 heteroatoms. The zero-order chi connectivity index (χ0) is 15.4. The van der Waals surface area contributed by atoms with Gasteiger partial charge >= 0.3 is 11.9 Å². The van der Waals surface area contributed by atoms with Gasteiger partial charge < -0.3 is 9.47 Å². The van der Waals surface area contributed by atoms with Crippen LogP contribution in [0.15, 0.2) is 42.5 Å². The molecule has 0 aliphatic rings. The van der Waals surface area contributed by atoms with Crippen LogP contribution in [0.5, 0.6) is 0 Å². The summed E-state index contributed by atoms with van der Waals surface area (Å²) in [5, 5.41) is 0. The lowest BCUT2D eigenvalue weighted by molar-refractivity contribution is 0.0599. The second-order valence-electron chi connectivity index (χ2n) is 4.60. The Labute approximate surface area is 123 Å². The number of rotatable bonds is 3. The quantitative estimate of drug-likeness (QED) is 0.812. The molecule has 0 spiro atoms. The average Bonchev–Trinajstić information content (AvgIpc) is 2.53. The average molecular weight is 284 g/mol. The van der Waals surface area contributed by atoms with E-state index in [1.165, 1.54) is 20.3 Å². The van der Waals surface area contributed by atoms with Crippen molar-refractivity contribution in [1.82, 2.24) is 0 Å². The van der Waals surface area contributed by atoms with Gasteiger partial charge in [0.05, 0.1) is 25.3 Å². The number of methoxy groups -OCH3 is 2. The number of benzene rings is 2. The number of carbonyl (C=O) groups is 2. The van der Waals surface area contributed by atoms with Gasteiger partial charge in [-0.25, -0.2) is 9.59 Å². The number of carbonyl (C=O) groups excluding carboxylic acids is 2. The van der Waals surface area contributed by atoms with Crippen LogP contribution in [0.1, 0.15) is 26.3 Å². The van der Waals surface area contributed by atoms with Crippen LogP contribution in [0.4, 0.5) is 0 Å². The summed E-state index contributed by atoms with van der Waals surface area (Å²) in [4.78, 5) is 23.5. The summed E-state index contributed by atoms with van der Waals surface area (Å²) in [7, 11) is 2.61. The fourth-order valence-corrected chi connectivity index (χ4v) is 2.15. The number of aryl methyl sites for hydroxylation is 1. The Hall–Kier alpha value is -2.62. The van der Waals surface area contributed by atoms with E-state index in [0.29, 0.717) is 11.1 Å². The van der Waals surface area contributed by atoms with Crippen molar-refractivity contribution in [2.75, 3.05) is 14.2 Å². The highest BCUT2D eigenvalue weighted by atomic mass is 16.5. The molecule has 0 saturated carbocycles. The van der Waals surface area contributed by atoms with Crippen molar-refractivity contribution in [1.29, 1.82) is 0 Å². The number of ether oxygens (including phenoxy) is 2. The van der Waals surface area contributed by atoms with Gasteiger partial charge in [0.25, 0.3) is 0 Å². The van der Waals surface area contributed by atoms with Crippen molar-refractivity contribution in [2.24, 2.45) is 0 Å². The van der Waals surface area contributed by atoms with Crippen molar-refractivity contribution in [2.45, 2.75) is 6.92 Å². The molecule has 0 radical (unpaired) electrons. The van der Waals surface area contributed by atoms with Gasteiger partial charge in [0, 0.05) is 0 Å². The van der Waals surface area contributed by atoms with E-state index in [1.54, 1.807) is 12.1 Å². The molecule has 108 valence electrons. The van der Waals surface area contributed by atoms with Gasteiger partial charge in [0.15, 0.2) is 0 Å². The maximum absolute atomic E-state index is 11.8. The van der Waals surface area contributed by atoms with Crippen LogP contribution in [0.3, 0.4) is 0 Å². The van der Waals surface area contributed by atoms with Gasteiger partial charge in [-0.3, -0.25) is 0 Å². The SMILES string of the molecule is COC(=O)c1cc(C(=O)OC)cc(-c2ccccc2C)c1. The van der Waals surface area contributed by atoms with Gasteiger partial charge in [-0.1, -0.05) is 24.3 Å². The minimum atomic E-state index is -0.490. The predicted octanol–water partition coefficient (Wildman–Crippen LogP) is 3.24. The molecule has 0 amide bonds. The minimum absolute atomic E-state index is 0.318. The van der Waals surface area contributed by atoms with E-state index in [0.717, 1.165) is 16.7 Å². The topological polar surface area (TPSA) is 52.6 Å². The van der Waals surface area contributed by atoms with Crippen LogP contribution in [0, 0.1) is 6.92 Å². The summed E-state index contributed by atoms with van der Waals surface area (Å²) >= 11 is 0. The molecule has 0 aliphatic heterocycles. The van der Waals surface area contributed by atoms with Crippen LogP contribution < -0.4 is 0 Å². The highest BCUT2D eigenvalue weighted by Gasteiger charge is 2.15. The maximum atomic E-state index is 11.8. The van der Waals surface area contributed by atoms with Gasteiger partial charge in [0.2, 0.25) is 0 Å². The van der Waals surface area contributed by atoms with E-state index < -0.39 is 11.9 Å². The van der Waals surface area contributed by atoms with E-state index in [1.807, 2.05) is 31.2 Å². The second kappa shape index (κ2) is 6.22. The molecule has 0 fully saturated rings. The Balaban J connectivity index is 2.63. The molecule has 0 heterocycles. The van der Waals surface area contributed by atoms with Crippen LogP contribution in [0.25, 0.3) is 11.1 Å². The van der Waals surface area contributed by atoms with Crippen LogP contribution >= 0.6 is 0 Å². The monoisotopic (exact) mass is 284 g/mol. The molecular weight excluding hydrogens is 268 g/mol. The second-order valence-corrected chi connectivity index (χ2v) is 4.60. The first-order valence-electron chi connectivity index (χ1n) is 6.44. The van der Waals surface area contributed by atoms with E-state index in [-0.39, 0.29) is 0 Å². The lowest BCUT2D eigenvalue weighted by atomic mass is 9.96. The third kappa shape index (κ3) is 3.11. The number of hydrogen-bond donors (Lipinski definition) is 0. The molecule has 4 nitrogen and oxygen atoms in total. The van der Waals surface area contributed by atoms with Gasteiger partial charge in [0.1, 0.15) is 0 Å². The zero-order valence-corrected chi connectivity index (χ0v) is 12.2. The first-order chi connectivity index (χ1) is 10.1. The van der Waals surface area contributed by atoms with Gasteiger partial charge in [-0.15, -0.1) is 0 Å². The molecule has 21 heavy (non-hydrogen) atoms. The Kier molecular flexibility index (Phi) is 4.38. The van der Waals surface area contributed by atoms with E-state index in [2.05, 4.69) is 0 Å². The van der Waals surface area contributed by atoms with Gasteiger partial charge in [-0.2, -0.15) is 0 Å². The summed E-state index contributed by atoms with van der Waals surface area (Å²) in [5.41, 5.74) is 3.41. The lowest BCUT2D eigenvalue weighted by Crippen LogP contribution is -2.07. The van der Waals surface area contributed by atoms with E-state index in [4.69, 9.17) is 9.47 Å². The largest absolute Gasteiger partial charge is 0.465 e. The van der Waals surface area contributed by atoms with Crippen molar-refractivity contribution >= 4 is 11.9 Å². The summed E-state index contributed by atoms with van der Waals surface area (Å²) in [6.07, 6.45) is 0. The normalized spacial score (nSPS) is 10.0. The Bertz CT molecular complexity index is 655. The highest BCUT2D eigenvalue weighted by molar-refractivity contribution is 5.97. The molecule has 0 saturated heterocycles. The van der Waals surface area contributed by atoms with Crippen LogP contribution in [0.2, 0.25) is 0 Å². The first kappa shape index (κ1) is 14.8.